The van der Waals surface area contributed by atoms with Crippen LogP contribution < -0.4 is 4.72 Å². The molecule has 0 aromatic rings. The van der Waals surface area contributed by atoms with Gasteiger partial charge >= 0.3 is 5.97 Å². The molecule has 7 heteroatoms. The maximum absolute atomic E-state index is 11.3. The van der Waals surface area contributed by atoms with Gasteiger partial charge < -0.3 is 10.2 Å². The van der Waals surface area contributed by atoms with Crippen LogP contribution >= 0.6 is 0 Å². The maximum Gasteiger partial charge on any atom is 0.324 e. The number of carboxylic acids is 1. The van der Waals surface area contributed by atoms with Gasteiger partial charge in [-0.2, -0.15) is 4.72 Å². The van der Waals surface area contributed by atoms with E-state index >= 15 is 0 Å². The largest absolute Gasteiger partial charge is 0.480 e. The molecule has 0 aliphatic heterocycles. The van der Waals surface area contributed by atoms with Crippen LogP contribution in [0.1, 0.15) is 12.8 Å². The van der Waals surface area contributed by atoms with Gasteiger partial charge in [0, 0.05) is 0 Å². The second-order valence-corrected chi connectivity index (χ2v) is 5.21. The highest BCUT2D eigenvalue weighted by molar-refractivity contribution is 7.89. The number of hydrogen-bond acceptors (Lipinski definition) is 4. The lowest BCUT2D eigenvalue weighted by Crippen LogP contribution is -2.44. The van der Waals surface area contributed by atoms with Gasteiger partial charge in [0.25, 0.3) is 0 Å². The van der Waals surface area contributed by atoms with E-state index in [2.05, 4.69) is 0 Å². The molecule has 0 spiro atoms. The Bertz CT molecular complexity index is 308. The Morgan fingerprint density at radius 3 is 2.43 bits per heavy atom. The van der Waals surface area contributed by atoms with E-state index in [1.54, 1.807) is 0 Å². The van der Waals surface area contributed by atoms with Crippen LogP contribution in [0.4, 0.5) is 0 Å². The average Bonchev–Trinajstić information content (AvgIpc) is 2.82. The molecule has 1 fully saturated rings. The van der Waals surface area contributed by atoms with Crippen molar-refractivity contribution in [3.63, 3.8) is 0 Å². The molecule has 0 aromatic heterocycles. The molecule has 0 amide bonds. The fraction of sp³-hybridized carbons (Fsp3) is 0.857. The van der Waals surface area contributed by atoms with Crippen LogP contribution in [-0.2, 0) is 14.8 Å². The van der Waals surface area contributed by atoms with Crippen molar-refractivity contribution in [3.8, 4) is 0 Å². The van der Waals surface area contributed by atoms with Crippen LogP contribution in [-0.4, -0.2) is 43.0 Å². The number of hydrogen-bond donors (Lipinski definition) is 3. The van der Waals surface area contributed by atoms with Crippen LogP contribution in [0.15, 0.2) is 0 Å². The zero-order chi connectivity index (χ0) is 10.8. The Balaban J connectivity index is 2.50. The van der Waals surface area contributed by atoms with E-state index in [9.17, 15) is 13.2 Å². The zero-order valence-corrected chi connectivity index (χ0v) is 8.33. The first-order valence-corrected chi connectivity index (χ1v) is 5.93. The van der Waals surface area contributed by atoms with Crippen molar-refractivity contribution >= 4 is 16.0 Å². The van der Waals surface area contributed by atoms with E-state index in [0.717, 1.165) is 12.8 Å². The number of aliphatic hydroxyl groups is 1. The molecule has 82 valence electrons. The van der Waals surface area contributed by atoms with Gasteiger partial charge in [0.1, 0.15) is 6.04 Å². The minimum absolute atomic E-state index is 0.0449. The van der Waals surface area contributed by atoms with Crippen molar-refractivity contribution in [3.05, 3.63) is 0 Å². The molecule has 3 N–H and O–H groups in total. The van der Waals surface area contributed by atoms with E-state index in [4.69, 9.17) is 10.2 Å². The molecular formula is C7H13NO5S. The lowest BCUT2D eigenvalue weighted by atomic mass is 10.3. The molecule has 0 heterocycles. The molecule has 1 rings (SSSR count). The van der Waals surface area contributed by atoms with Gasteiger partial charge in [-0.15, -0.1) is 0 Å². The zero-order valence-electron chi connectivity index (χ0n) is 7.51. The van der Waals surface area contributed by atoms with Gasteiger partial charge in [0.05, 0.1) is 12.4 Å². The summed E-state index contributed by atoms with van der Waals surface area (Å²) in [5.74, 6) is -1.26. The van der Waals surface area contributed by atoms with Crippen LogP contribution in [0.2, 0.25) is 0 Å². The summed E-state index contributed by atoms with van der Waals surface area (Å²) in [7, 11) is -3.57. The van der Waals surface area contributed by atoms with Gasteiger partial charge in [0.2, 0.25) is 10.0 Å². The van der Waals surface area contributed by atoms with Gasteiger partial charge in [-0.25, -0.2) is 8.42 Å². The summed E-state index contributed by atoms with van der Waals surface area (Å²) < 4.78 is 24.5. The van der Waals surface area contributed by atoms with Gasteiger partial charge in [0.15, 0.2) is 0 Å². The summed E-state index contributed by atoms with van der Waals surface area (Å²) in [5, 5.41) is 17.1. The Morgan fingerprint density at radius 1 is 1.50 bits per heavy atom. The average molecular weight is 223 g/mol. The number of carbonyl (C=O) groups is 1. The number of aliphatic hydroxyl groups excluding tert-OH is 1. The second-order valence-electron chi connectivity index (χ2n) is 3.42. The first-order chi connectivity index (χ1) is 6.44. The maximum atomic E-state index is 11.3. The summed E-state index contributed by atoms with van der Waals surface area (Å²) in [5.41, 5.74) is 0. The standard InChI is InChI=1S/C7H13NO5S/c9-3-6(7(10)11)8-14(12,13)4-5-1-2-5/h5-6,8-9H,1-4H2,(H,10,11)/t6-/m1/s1. The molecule has 6 nitrogen and oxygen atoms in total. The molecular weight excluding hydrogens is 210 g/mol. The molecule has 0 saturated heterocycles. The van der Waals surface area contributed by atoms with Crippen molar-refractivity contribution in [2.75, 3.05) is 12.4 Å². The smallest absolute Gasteiger partial charge is 0.324 e. The number of rotatable bonds is 6. The van der Waals surface area contributed by atoms with Crippen LogP contribution in [0, 0.1) is 5.92 Å². The van der Waals surface area contributed by atoms with E-state index < -0.39 is 28.6 Å². The first-order valence-electron chi connectivity index (χ1n) is 4.28. The predicted molar refractivity (Wildman–Crippen MR) is 48.2 cm³/mol. The summed E-state index contributed by atoms with van der Waals surface area (Å²) >= 11 is 0. The molecule has 0 aromatic carbocycles. The number of sulfonamides is 1. The van der Waals surface area contributed by atoms with Crippen molar-refractivity contribution < 1.29 is 23.4 Å². The lowest BCUT2D eigenvalue weighted by Gasteiger charge is -2.11. The Morgan fingerprint density at radius 2 is 2.07 bits per heavy atom. The summed E-state index contributed by atoms with van der Waals surface area (Å²) in [6.45, 7) is -0.737. The molecule has 1 atom stereocenters. The predicted octanol–water partition coefficient (Wildman–Crippen LogP) is -1.24. The van der Waals surface area contributed by atoms with Gasteiger partial charge in [-0.05, 0) is 18.8 Å². The van der Waals surface area contributed by atoms with Crippen molar-refractivity contribution in [1.29, 1.82) is 0 Å². The highest BCUT2D eigenvalue weighted by Gasteiger charge is 2.30. The highest BCUT2D eigenvalue weighted by atomic mass is 32.2. The third-order valence-corrected chi connectivity index (χ3v) is 3.51. The number of nitrogens with one attached hydrogen (secondary N) is 1. The second kappa shape index (κ2) is 4.24. The normalized spacial score (nSPS) is 19.2. The third kappa shape index (κ3) is 3.60. The van der Waals surface area contributed by atoms with Crippen LogP contribution in [0.5, 0.6) is 0 Å². The molecule has 1 saturated carbocycles. The molecule has 14 heavy (non-hydrogen) atoms. The van der Waals surface area contributed by atoms with Crippen LogP contribution in [0.3, 0.4) is 0 Å². The Hall–Kier alpha value is -0.660. The van der Waals surface area contributed by atoms with Gasteiger partial charge in [-0.1, -0.05) is 0 Å². The van der Waals surface area contributed by atoms with Crippen molar-refractivity contribution in [2.24, 2.45) is 5.92 Å². The molecule has 0 radical (unpaired) electrons. The summed E-state index contributed by atoms with van der Waals surface area (Å²) in [6.07, 6.45) is 1.75. The van der Waals surface area contributed by atoms with Crippen molar-refractivity contribution in [2.45, 2.75) is 18.9 Å². The summed E-state index contributed by atoms with van der Waals surface area (Å²) in [6, 6.07) is -1.43. The SMILES string of the molecule is O=C(O)[C@@H](CO)NS(=O)(=O)CC1CC1. The number of aliphatic carboxylic acids is 1. The Labute approximate surface area is 82.0 Å². The quantitative estimate of drug-likeness (QED) is 0.522. The van der Waals surface area contributed by atoms with E-state index in [1.807, 2.05) is 4.72 Å². The highest BCUT2D eigenvalue weighted by Crippen LogP contribution is 2.29. The minimum atomic E-state index is -3.57. The monoisotopic (exact) mass is 223 g/mol. The molecule has 1 aliphatic rings. The third-order valence-electron chi connectivity index (χ3n) is 1.95. The molecule has 0 bridgehead atoms. The van der Waals surface area contributed by atoms with Crippen LogP contribution in [0.25, 0.3) is 0 Å². The summed E-state index contributed by atoms with van der Waals surface area (Å²) in [4.78, 5) is 10.4. The lowest BCUT2D eigenvalue weighted by molar-refractivity contribution is -0.139. The minimum Gasteiger partial charge on any atom is -0.480 e. The first kappa shape index (κ1) is 11.4. The van der Waals surface area contributed by atoms with E-state index in [-0.39, 0.29) is 11.7 Å². The van der Waals surface area contributed by atoms with Gasteiger partial charge in [-0.3, -0.25) is 4.79 Å². The fourth-order valence-corrected chi connectivity index (χ4v) is 2.68. The Kier molecular flexibility index (Phi) is 3.46. The van der Waals surface area contributed by atoms with E-state index in [1.165, 1.54) is 0 Å². The van der Waals surface area contributed by atoms with E-state index in [0.29, 0.717) is 0 Å². The van der Waals surface area contributed by atoms with Crippen molar-refractivity contribution in [1.82, 2.24) is 4.72 Å². The molecule has 1 aliphatic carbocycles. The molecule has 0 unspecified atom stereocenters. The topological polar surface area (TPSA) is 104 Å². The fourth-order valence-electron chi connectivity index (χ4n) is 1.03. The number of carboxylic acid groups (broad SMARTS) is 1.